The van der Waals surface area contributed by atoms with Crippen molar-refractivity contribution in [1.29, 1.82) is 0 Å². The normalized spacial score (nSPS) is 10.7. The molecule has 0 aliphatic rings. The van der Waals surface area contributed by atoms with Crippen molar-refractivity contribution in [2.24, 2.45) is 0 Å². The van der Waals surface area contributed by atoms with Gasteiger partial charge in [0.15, 0.2) is 5.69 Å². The van der Waals surface area contributed by atoms with Crippen LogP contribution in [-0.4, -0.2) is 35.8 Å². The highest BCUT2D eigenvalue weighted by Crippen LogP contribution is 2.26. The highest BCUT2D eigenvalue weighted by Gasteiger charge is 2.16. The van der Waals surface area contributed by atoms with Gasteiger partial charge in [0, 0.05) is 28.7 Å². The summed E-state index contributed by atoms with van der Waals surface area (Å²) in [5, 5.41) is 11.6. The van der Waals surface area contributed by atoms with Crippen molar-refractivity contribution < 1.29 is 4.79 Å². The first-order valence-electron chi connectivity index (χ1n) is 8.13. The van der Waals surface area contributed by atoms with E-state index < -0.39 is 0 Å². The molecule has 0 aliphatic carbocycles. The molecule has 0 atom stereocenters. The van der Waals surface area contributed by atoms with E-state index in [9.17, 15) is 4.79 Å². The summed E-state index contributed by atoms with van der Waals surface area (Å²) in [7, 11) is 1.83. The zero-order valence-electron chi connectivity index (χ0n) is 14.2. The molecule has 134 valence electrons. The summed E-state index contributed by atoms with van der Waals surface area (Å²) in [6.45, 7) is 1.22. The average molecular weight is 389 g/mol. The molecule has 2 N–H and O–H groups in total. The highest BCUT2D eigenvalue weighted by molar-refractivity contribution is 6.30. The van der Waals surface area contributed by atoms with Crippen molar-refractivity contribution in [1.82, 2.24) is 20.4 Å². The third-order valence-corrected chi connectivity index (χ3v) is 4.32. The summed E-state index contributed by atoms with van der Waals surface area (Å²) in [6, 6.07) is 16.5. The zero-order chi connectivity index (χ0) is 18.5. The fourth-order valence-electron chi connectivity index (χ4n) is 2.49. The Bertz CT molecular complexity index is 826. The molecular weight excluding hydrogens is 371 g/mol. The number of nitrogens with one attached hydrogen (secondary N) is 2. The van der Waals surface area contributed by atoms with E-state index in [0.717, 1.165) is 16.9 Å². The van der Waals surface area contributed by atoms with Gasteiger partial charge in [0.2, 0.25) is 0 Å². The number of amides is 1. The van der Waals surface area contributed by atoms with Gasteiger partial charge in [-0.25, -0.2) is 4.68 Å². The van der Waals surface area contributed by atoms with Crippen LogP contribution in [0, 0.1) is 0 Å². The van der Waals surface area contributed by atoms with Crippen LogP contribution in [-0.2, 0) is 0 Å². The third kappa shape index (κ3) is 4.25. The largest absolute Gasteiger partial charge is 0.349 e. The minimum atomic E-state index is -0.219. The van der Waals surface area contributed by atoms with Gasteiger partial charge in [-0.15, -0.1) is 0 Å². The minimum absolute atomic E-state index is 0.219. The van der Waals surface area contributed by atoms with Crippen LogP contribution < -0.4 is 10.6 Å². The van der Waals surface area contributed by atoms with Gasteiger partial charge in [-0.3, -0.25) is 4.79 Å². The van der Waals surface area contributed by atoms with Crippen LogP contribution in [0.5, 0.6) is 0 Å². The lowest BCUT2D eigenvalue weighted by Crippen LogP contribution is -2.30. The maximum atomic E-state index is 12.4. The predicted molar refractivity (Wildman–Crippen MR) is 105 cm³/mol. The molecule has 0 bridgehead atoms. The first kappa shape index (κ1) is 18.5. The monoisotopic (exact) mass is 388 g/mol. The number of halogens is 2. The summed E-state index contributed by atoms with van der Waals surface area (Å²) < 4.78 is 1.73. The molecule has 2 aromatic carbocycles. The van der Waals surface area contributed by atoms with E-state index >= 15 is 0 Å². The molecule has 0 unspecified atom stereocenters. The van der Waals surface area contributed by atoms with Crippen LogP contribution in [0.3, 0.4) is 0 Å². The van der Waals surface area contributed by atoms with Crippen LogP contribution in [0.4, 0.5) is 0 Å². The number of benzene rings is 2. The Balaban J connectivity index is 2.01. The number of hydrogen-bond donors (Lipinski definition) is 2. The van der Waals surface area contributed by atoms with Crippen molar-refractivity contribution in [2.45, 2.75) is 0 Å². The van der Waals surface area contributed by atoms with Crippen LogP contribution in [0.1, 0.15) is 10.5 Å². The van der Waals surface area contributed by atoms with Crippen molar-refractivity contribution in [2.75, 3.05) is 20.1 Å². The van der Waals surface area contributed by atoms with Gasteiger partial charge in [0.25, 0.3) is 5.91 Å². The lowest BCUT2D eigenvalue weighted by molar-refractivity contribution is 0.0948. The molecule has 0 fully saturated rings. The summed E-state index contributed by atoms with van der Waals surface area (Å²) in [4.78, 5) is 12.4. The zero-order valence-corrected chi connectivity index (χ0v) is 15.7. The second-order valence-electron chi connectivity index (χ2n) is 5.67. The molecule has 3 rings (SSSR count). The third-order valence-electron chi connectivity index (χ3n) is 3.81. The van der Waals surface area contributed by atoms with E-state index in [2.05, 4.69) is 15.7 Å². The Kier molecular flexibility index (Phi) is 5.93. The molecule has 0 saturated carbocycles. The molecular formula is C19H18Cl2N4O. The van der Waals surface area contributed by atoms with E-state index in [-0.39, 0.29) is 5.91 Å². The summed E-state index contributed by atoms with van der Waals surface area (Å²) in [5.74, 6) is -0.219. The Hall–Kier alpha value is -2.34. The van der Waals surface area contributed by atoms with E-state index in [4.69, 9.17) is 23.2 Å². The van der Waals surface area contributed by atoms with E-state index in [1.54, 1.807) is 22.9 Å². The number of aromatic nitrogens is 2. The van der Waals surface area contributed by atoms with Gasteiger partial charge >= 0.3 is 0 Å². The SMILES string of the molecule is CNCCNC(=O)c1cc(-c2ccc(Cl)cc2)n(-c2ccc(Cl)cc2)n1. The number of carbonyl (C=O) groups excluding carboxylic acids is 1. The highest BCUT2D eigenvalue weighted by atomic mass is 35.5. The first-order chi connectivity index (χ1) is 12.6. The van der Waals surface area contributed by atoms with Gasteiger partial charge in [-0.2, -0.15) is 5.10 Å². The van der Waals surface area contributed by atoms with Crippen LogP contribution in [0.15, 0.2) is 54.6 Å². The smallest absolute Gasteiger partial charge is 0.271 e. The molecule has 5 nitrogen and oxygen atoms in total. The fraction of sp³-hybridized carbons (Fsp3) is 0.158. The standard InChI is InChI=1S/C19H18Cl2N4O/c1-22-10-11-23-19(26)17-12-18(13-2-4-14(20)5-3-13)25(24-17)16-8-6-15(21)7-9-16/h2-9,12,22H,10-11H2,1H3,(H,23,26). The number of nitrogens with zero attached hydrogens (tertiary/aromatic N) is 2. The van der Waals surface area contributed by atoms with E-state index in [1.165, 1.54) is 0 Å². The summed E-state index contributed by atoms with van der Waals surface area (Å²) in [6.07, 6.45) is 0. The molecule has 26 heavy (non-hydrogen) atoms. The number of hydrogen-bond acceptors (Lipinski definition) is 3. The van der Waals surface area contributed by atoms with Crippen LogP contribution >= 0.6 is 23.2 Å². The quantitative estimate of drug-likeness (QED) is 0.631. The number of rotatable bonds is 6. The molecule has 1 amide bonds. The molecule has 0 saturated heterocycles. The maximum Gasteiger partial charge on any atom is 0.271 e. The molecule has 7 heteroatoms. The van der Waals surface area contributed by atoms with Gasteiger partial charge in [-0.05, 0) is 49.5 Å². The molecule has 0 aliphatic heterocycles. The van der Waals surface area contributed by atoms with Crippen molar-refractivity contribution in [3.8, 4) is 16.9 Å². The molecule has 0 spiro atoms. The maximum absolute atomic E-state index is 12.4. The van der Waals surface area contributed by atoms with Crippen LogP contribution in [0.25, 0.3) is 16.9 Å². The Morgan fingerprint density at radius 3 is 2.23 bits per heavy atom. The van der Waals surface area contributed by atoms with Crippen molar-refractivity contribution >= 4 is 29.1 Å². The second kappa shape index (κ2) is 8.36. The fourth-order valence-corrected chi connectivity index (χ4v) is 2.74. The number of carbonyl (C=O) groups is 1. The molecule has 0 radical (unpaired) electrons. The van der Waals surface area contributed by atoms with Gasteiger partial charge in [-0.1, -0.05) is 35.3 Å². The molecule has 3 aromatic rings. The summed E-state index contributed by atoms with van der Waals surface area (Å²) >= 11 is 12.0. The Morgan fingerprint density at radius 2 is 1.62 bits per heavy atom. The lowest BCUT2D eigenvalue weighted by atomic mass is 10.1. The topological polar surface area (TPSA) is 58.9 Å². The average Bonchev–Trinajstić information content (AvgIpc) is 3.08. The van der Waals surface area contributed by atoms with Crippen molar-refractivity contribution in [3.05, 3.63) is 70.3 Å². The first-order valence-corrected chi connectivity index (χ1v) is 8.89. The Morgan fingerprint density at radius 1 is 1.00 bits per heavy atom. The van der Waals surface area contributed by atoms with Crippen LogP contribution in [0.2, 0.25) is 10.0 Å². The summed E-state index contributed by atoms with van der Waals surface area (Å²) in [5.41, 5.74) is 2.86. The molecule has 1 aromatic heterocycles. The van der Waals surface area contributed by atoms with Gasteiger partial charge < -0.3 is 10.6 Å². The molecule has 1 heterocycles. The van der Waals surface area contributed by atoms with E-state index in [0.29, 0.717) is 28.8 Å². The second-order valence-corrected chi connectivity index (χ2v) is 6.54. The van der Waals surface area contributed by atoms with E-state index in [1.807, 2.05) is 43.4 Å². The number of likely N-dealkylation sites (N-methyl/N-ethyl adjacent to an activating group) is 1. The predicted octanol–water partition coefficient (Wildman–Crippen LogP) is 3.80. The Labute approximate surface area is 161 Å². The minimum Gasteiger partial charge on any atom is -0.349 e. The van der Waals surface area contributed by atoms with Gasteiger partial charge in [0.05, 0.1) is 11.4 Å². The van der Waals surface area contributed by atoms with Gasteiger partial charge in [0.1, 0.15) is 0 Å². The van der Waals surface area contributed by atoms with Crippen molar-refractivity contribution in [3.63, 3.8) is 0 Å². The lowest BCUT2D eigenvalue weighted by Gasteiger charge is -2.08.